The van der Waals surface area contributed by atoms with Crippen molar-refractivity contribution in [2.45, 2.75) is 19.3 Å². The summed E-state index contributed by atoms with van der Waals surface area (Å²) < 4.78 is 10.5. The molecule has 3 atom stereocenters. The number of rotatable bonds is 3. The monoisotopic (exact) mass is 382 g/mol. The summed E-state index contributed by atoms with van der Waals surface area (Å²) in [5.41, 5.74) is -0.0233. The zero-order valence-electron chi connectivity index (χ0n) is 15.0. The van der Waals surface area contributed by atoms with E-state index in [1.54, 1.807) is 19.1 Å². The molecule has 1 heterocycles. The van der Waals surface area contributed by atoms with Crippen LogP contribution >= 0.6 is 0 Å². The number of Topliss-reactive ketones (excluding diaryl/α,β-unsaturated/α-hetero) is 2. The first-order valence-electron chi connectivity index (χ1n) is 8.98. The van der Waals surface area contributed by atoms with E-state index in [4.69, 9.17) is 9.15 Å². The molecule has 7 heteroatoms. The number of esters is 1. The van der Waals surface area contributed by atoms with Gasteiger partial charge in [-0.05, 0) is 25.1 Å². The van der Waals surface area contributed by atoms with Crippen molar-refractivity contribution >= 4 is 17.5 Å². The Morgan fingerprint density at radius 3 is 2.64 bits per heavy atom. The number of furan rings is 1. The Labute approximate surface area is 160 Å². The van der Waals surface area contributed by atoms with Crippen molar-refractivity contribution in [1.29, 1.82) is 0 Å². The number of carbonyl (C=O) groups excluding carboxylic acids is 3. The minimum Gasteiger partial charge on any atom is -0.512 e. The number of aliphatic hydroxyl groups excluding tert-OH is 1. The molecule has 2 N–H and O–H groups in total. The number of aromatic hydroxyl groups is 1. The number of ether oxygens (including phenoxy) is 1. The normalized spacial score (nSPS) is 24.0. The van der Waals surface area contributed by atoms with Crippen LogP contribution in [0.15, 0.2) is 52.3 Å². The number of fused-ring (bicyclic) bond motifs is 2. The molecular weight excluding hydrogens is 364 g/mol. The number of aliphatic hydroxyl groups is 1. The van der Waals surface area contributed by atoms with Crippen molar-refractivity contribution in [2.24, 2.45) is 11.8 Å². The molecule has 4 rings (SSSR count). The molecule has 28 heavy (non-hydrogen) atoms. The van der Waals surface area contributed by atoms with Gasteiger partial charge in [-0.1, -0.05) is 12.1 Å². The molecule has 2 aliphatic rings. The number of hydrogen-bond donors (Lipinski definition) is 2. The molecular formula is C21H18O7. The smallest absolute Gasteiger partial charge is 0.338 e. The summed E-state index contributed by atoms with van der Waals surface area (Å²) in [5.74, 6) is -4.74. The fourth-order valence-corrected chi connectivity index (χ4v) is 4.24. The van der Waals surface area contributed by atoms with Crippen molar-refractivity contribution in [3.63, 3.8) is 0 Å². The van der Waals surface area contributed by atoms with Gasteiger partial charge >= 0.3 is 5.97 Å². The Morgan fingerprint density at radius 2 is 1.96 bits per heavy atom. The van der Waals surface area contributed by atoms with Crippen LogP contribution in [0.3, 0.4) is 0 Å². The van der Waals surface area contributed by atoms with Crippen LogP contribution in [0, 0.1) is 11.8 Å². The quantitative estimate of drug-likeness (QED) is 0.784. The molecule has 0 bridgehead atoms. The third kappa shape index (κ3) is 2.54. The molecule has 0 spiro atoms. The Morgan fingerprint density at radius 1 is 1.18 bits per heavy atom. The van der Waals surface area contributed by atoms with E-state index in [-0.39, 0.29) is 52.8 Å². The van der Waals surface area contributed by atoms with E-state index in [0.717, 1.165) is 0 Å². The minimum atomic E-state index is -0.991. The van der Waals surface area contributed by atoms with Gasteiger partial charge in [0.15, 0.2) is 11.6 Å². The lowest BCUT2D eigenvalue weighted by Gasteiger charge is -2.39. The van der Waals surface area contributed by atoms with Crippen LogP contribution < -0.4 is 0 Å². The maximum Gasteiger partial charge on any atom is 0.338 e. The van der Waals surface area contributed by atoms with Crippen LogP contribution in [0.2, 0.25) is 0 Å². The lowest BCUT2D eigenvalue weighted by molar-refractivity contribution is -0.139. The zero-order chi connectivity index (χ0) is 20.0. The van der Waals surface area contributed by atoms with Crippen molar-refractivity contribution in [3.05, 3.63) is 64.8 Å². The molecule has 144 valence electrons. The van der Waals surface area contributed by atoms with Crippen molar-refractivity contribution < 1.29 is 33.8 Å². The van der Waals surface area contributed by atoms with Gasteiger partial charge in [0, 0.05) is 23.8 Å². The Kier molecular flexibility index (Phi) is 4.30. The fourth-order valence-electron chi connectivity index (χ4n) is 4.24. The van der Waals surface area contributed by atoms with Crippen LogP contribution in [0.1, 0.15) is 45.7 Å². The lowest BCUT2D eigenvalue weighted by atomic mass is 9.61. The fraction of sp³-hybridized carbons (Fsp3) is 0.286. The summed E-state index contributed by atoms with van der Waals surface area (Å²) >= 11 is 0. The van der Waals surface area contributed by atoms with Crippen molar-refractivity contribution in [2.75, 3.05) is 6.61 Å². The number of allylic oxidation sites excluding steroid dienone is 1. The summed E-state index contributed by atoms with van der Waals surface area (Å²) in [6.07, 6.45) is 1.23. The van der Waals surface area contributed by atoms with Gasteiger partial charge in [-0.15, -0.1) is 0 Å². The predicted molar refractivity (Wildman–Crippen MR) is 96.1 cm³/mol. The van der Waals surface area contributed by atoms with E-state index in [9.17, 15) is 24.6 Å². The topological polar surface area (TPSA) is 114 Å². The highest BCUT2D eigenvalue weighted by molar-refractivity contribution is 6.18. The molecule has 0 aliphatic heterocycles. The predicted octanol–water partition coefficient (Wildman–Crippen LogP) is 3.16. The largest absolute Gasteiger partial charge is 0.512 e. The maximum atomic E-state index is 13.3. The highest BCUT2D eigenvalue weighted by Gasteiger charge is 2.53. The average Bonchev–Trinajstić information content (AvgIpc) is 3.19. The molecule has 0 fully saturated rings. The van der Waals surface area contributed by atoms with Gasteiger partial charge in [-0.2, -0.15) is 0 Å². The molecule has 2 aliphatic carbocycles. The zero-order valence-corrected chi connectivity index (χ0v) is 15.0. The first-order valence-corrected chi connectivity index (χ1v) is 8.98. The SMILES string of the molecule is CCOC(=O)C1=C(O)C[C@@H]2C(=O)c3cccc(O)c3C(=O)[C@@H]2[C@H]1c1ccco1. The third-order valence-corrected chi connectivity index (χ3v) is 5.37. The summed E-state index contributed by atoms with van der Waals surface area (Å²) in [6.45, 7) is 1.72. The summed E-state index contributed by atoms with van der Waals surface area (Å²) in [6, 6.07) is 7.49. The van der Waals surface area contributed by atoms with Crippen molar-refractivity contribution in [1.82, 2.24) is 0 Å². The van der Waals surface area contributed by atoms with Gasteiger partial charge in [-0.25, -0.2) is 4.79 Å². The van der Waals surface area contributed by atoms with E-state index in [1.807, 2.05) is 0 Å². The van der Waals surface area contributed by atoms with Crippen LogP contribution in [0.25, 0.3) is 0 Å². The van der Waals surface area contributed by atoms with E-state index < -0.39 is 29.5 Å². The van der Waals surface area contributed by atoms with Gasteiger partial charge in [0.25, 0.3) is 0 Å². The number of hydrogen-bond acceptors (Lipinski definition) is 7. The second-order valence-corrected chi connectivity index (χ2v) is 6.84. The van der Waals surface area contributed by atoms with Crippen molar-refractivity contribution in [3.8, 4) is 5.75 Å². The second-order valence-electron chi connectivity index (χ2n) is 6.84. The standard InChI is InChI=1S/C21H18O7/c1-2-27-21(26)17-13(23)9-11-16(18(17)14-7-4-8-28-14)20(25)15-10(19(11)24)5-3-6-12(15)22/h3-8,11,16,18,22-23H,2,9H2,1H3/t11-,16-,18+/m0/s1. The molecule has 0 amide bonds. The maximum absolute atomic E-state index is 13.3. The average molecular weight is 382 g/mol. The van der Waals surface area contributed by atoms with Gasteiger partial charge in [0.2, 0.25) is 0 Å². The number of ketones is 2. The number of benzene rings is 1. The molecule has 7 nitrogen and oxygen atoms in total. The van der Waals surface area contributed by atoms with Crippen LogP contribution in [0.4, 0.5) is 0 Å². The van der Waals surface area contributed by atoms with Gasteiger partial charge in [0.05, 0.1) is 29.9 Å². The van der Waals surface area contributed by atoms with Gasteiger partial charge in [0.1, 0.15) is 17.3 Å². The highest BCUT2D eigenvalue weighted by atomic mass is 16.5. The molecule has 0 radical (unpaired) electrons. The molecule has 0 saturated heterocycles. The number of carbonyl (C=O) groups is 3. The van der Waals surface area contributed by atoms with Crippen LogP contribution in [-0.2, 0) is 9.53 Å². The first-order chi connectivity index (χ1) is 13.5. The summed E-state index contributed by atoms with van der Waals surface area (Å²) in [5, 5.41) is 20.8. The third-order valence-electron chi connectivity index (χ3n) is 5.37. The Bertz CT molecular complexity index is 1000. The Hall–Kier alpha value is -3.35. The van der Waals surface area contributed by atoms with E-state index >= 15 is 0 Å². The van der Waals surface area contributed by atoms with Crippen LogP contribution in [0.5, 0.6) is 5.75 Å². The van der Waals surface area contributed by atoms with E-state index in [1.165, 1.54) is 24.5 Å². The van der Waals surface area contributed by atoms with Gasteiger partial charge < -0.3 is 19.4 Å². The molecule has 0 unspecified atom stereocenters. The number of phenolic OH excluding ortho intramolecular Hbond substituents is 1. The molecule has 0 saturated carbocycles. The van der Waals surface area contributed by atoms with E-state index in [0.29, 0.717) is 0 Å². The lowest BCUT2D eigenvalue weighted by Crippen LogP contribution is -2.44. The van der Waals surface area contributed by atoms with Gasteiger partial charge in [-0.3, -0.25) is 9.59 Å². The highest BCUT2D eigenvalue weighted by Crippen LogP contribution is 2.50. The molecule has 2 aromatic rings. The summed E-state index contributed by atoms with van der Waals surface area (Å²) in [4.78, 5) is 39.0. The Balaban J connectivity index is 1.93. The molecule has 1 aromatic heterocycles. The minimum absolute atomic E-state index is 0.0603. The van der Waals surface area contributed by atoms with Crippen LogP contribution in [-0.4, -0.2) is 34.4 Å². The first kappa shape index (κ1) is 18.0. The van der Waals surface area contributed by atoms with E-state index in [2.05, 4.69) is 0 Å². The summed E-state index contributed by atoms with van der Waals surface area (Å²) in [7, 11) is 0. The number of phenols is 1. The molecule has 1 aromatic carbocycles. The second kappa shape index (κ2) is 6.67.